The average molecular weight is 297 g/mol. The summed E-state index contributed by atoms with van der Waals surface area (Å²) >= 11 is 0. The zero-order valence-electron chi connectivity index (χ0n) is 12.5. The van der Waals surface area contributed by atoms with Crippen molar-refractivity contribution in [1.29, 1.82) is 0 Å². The molecule has 0 fully saturated rings. The maximum absolute atomic E-state index is 11.7. The number of aldehydes is 1. The SMILES string of the molecule is CCOC(=O)C(C=O)Cc1cccc(Nc2ccccc2)c1. The van der Waals surface area contributed by atoms with Crippen molar-refractivity contribution in [2.75, 3.05) is 11.9 Å². The van der Waals surface area contributed by atoms with Gasteiger partial charge in [-0.25, -0.2) is 0 Å². The predicted molar refractivity (Wildman–Crippen MR) is 86.1 cm³/mol. The lowest BCUT2D eigenvalue weighted by Gasteiger charge is -2.11. The van der Waals surface area contributed by atoms with Gasteiger partial charge < -0.3 is 14.8 Å². The summed E-state index contributed by atoms with van der Waals surface area (Å²) in [6, 6.07) is 17.5. The number of benzene rings is 2. The van der Waals surface area contributed by atoms with Crippen molar-refractivity contribution in [3.63, 3.8) is 0 Å². The number of carbonyl (C=O) groups is 2. The second-order valence-electron chi connectivity index (χ2n) is 4.89. The molecular weight excluding hydrogens is 278 g/mol. The number of esters is 1. The monoisotopic (exact) mass is 297 g/mol. The minimum atomic E-state index is -0.757. The zero-order valence-corrected chi connectivity index (χ0v) is 12.5. The van der Waals surface area contributed by atoms with Crippen LogP contribution in [0.4, 0.5) is 11.4 Å². The number of para-hydroxylation sites is 1. The van der Waals surface area contributed by atoms with Gasteiger partial charge in [-0.1, -0.05) is 30.3 Å². The first-order valence-corrected chi connectivity index (χ1v) is 7.26. The van der Waals surface area contributed by atoms with E-state index < -0.39 is 11.9 Å². The maximum Gasteiger partial charge on any atom is 0.316 e. The van der Waals surface area contributed by atoms with Crippen LogP contribution in [0.5, 0.6) is 0 Å². The van der Waals surface area contributed by atoms with E-state index in [9.17, 15) is 9.59 Å². The molecule has 114 valence electrons. The van der Waals surface area contributed by atoms with E-state index in [1.54, 1.807) is 6.92 Å². The Morgan fingerprint density at radius 1 is 1.14 bits per heavy atom. The van der Waals surface area contributed by atoms with Gasteiger partial charge >= 0.3 is 5.97 Å². The van der Waals surface area contributed by atoms with E-state index in [2.05, 4.69) is 5.32 Å². The highest BCUT2D eigenvalue weighted by molar-refractivity contribution is 5.88. The summed E-state index contributed by atoms with van der Waals surface area (Å²) in [5, 5.41) is 3.29. The smallest absolute Gasteiger partial charge is 0.316 e. The van der Waals surface area contributed by atoms with Crippen LogP contribution in [0.15, 0.2) is 54.6 Å². The first-order valence-electron chi connectivity index (χ1n) is 7.26. The molecule has 0 aliphatic heterocycles. The molecule has 2 rings (SSSR count). The van der Waals surface area contributed by atoms with E-state index in [0.29, 0.717) is 12.7 Å². The fourth-order valence-corrected chi connectivity index (χ4v) is 2.15. The maximum atomic E-state index is 11.7. The number of nitrogens with one attached hydrogen (secondary N) is 1. The Kier molecular flexibility index (Phi) is 5.72. The Balaban J connectivity index is 2.07. The molecule has 0 saturated heterocycles. The molecule has 2 aromatic rings. The highest BCUT2D eigenvalue weighted by Crippen LogP contribution is 2.19. The summed E-state index contributed by atoms with van der Waals surface area (Å²) in [5.74, 6) is -1.23. The van der Waals surface area contributed by atoms with Gasteiger partial charge in [-0.2, -0.15) is 0 Å². The van der Waals surface area contributed by atoms with Crippen molar-refractivity contribution in [3.05, 3.63) is 60.2 Å². The average Bonchev–Trinajstić information content (AvgIpc) is 2.54. The molecule has 0 bridgehead atoms. The number of hydrogen-bond donors (Lipinski definition) is 1. The molecule has 4 heteroatoms. The first-order chi connectivity index (χ1) is 10.7. The molecule has 4 nitrogen and oxygen atoms in total. The third-order valence-corrected chi connectivity index (χ3v) is 3.20. The van der Waals surface area contributed by atoms with E-state index in [1.807, 2.05) is 54.6 Å². The molecule has 0 radical (unpaired) electrons. The van der Waals surface area contributed by atoms with E-state index >= 15 is 0 Å². The van der Waals surface area contributed by atoms with Gasteiger partial charge in [-0.15, -0.1) is 0 Å². The van der Waals surface area contributed by atoms with Crippen molar-refractivity contribution < 1.29 is 14.3 Å². The van der Waals surface area contributed by atoms with Crippen molar-refractivity contribution >= 4 is 23.6 Å². The summed E-state index contributed by atoms with van der Waals surface area (Å²) in [6.07, 6.45) is 0.988. The van der Waals surface area contributed by atoms with Gasteiger partial charge in [-0.3, -0.25) is 4.79 Å². The van der Waals surface area contributed by atoms with Gasteiger partial charge in [-0.05, 0) is 43.2 Å². The van der Waals surface area contributed by atoms with Crippen LogP contribution in [0.25, 0.3) is 0 Å². The summed E-state index contributed by atoms with van der Waals surface area (Å²) in [4.78, 5) is 22.8. The van der Waals surface area contributed by atoms with Crippen LogP contribution in [-0.2, 0) is 20.7 Å². The summed E-state index contributed by atoms with van der Waals surface area (Å²) < 4.78 is 4.91. The molecule has 0 aliphatic rings. The third-order valence-electron chi connectivity index (χ3n) is 3.20. The molecular formula is C18H19NO3. The fourth-order valence-electron chi connectivity index (χ4n) is 2.15. The largest absolute Gasteiger partial charge is 0.465 e. The Bertz CT molecular complexity index is 625. The second-order valence-corrected chi connectivity index (χ2v) is 4.89. The molecule has 0 heterocycles. The highest BCUT2D eigenvalue weighted by Gasteiger charge is 2.19. The van der Waals surface area contributed by atoms with Crippen LogP contribution in [0.1, 0.15) is 12.5 Å². The molecule has 0 aromatic heterocycles. The van der Waals surface area contributed by atoms with E-state index in [4.69, 9.17) is 4.74 Å². The van der Waals surface area contributed by atoms with Gasteiger partial charge in [0.2, 0.25) is 0 Å². The summed E-state index contributed by atoms with van der Waals surface area (Å²) in [5.41, 5.74) is 2.81. The Morgan fingerprint density at radius 2 is 1.86 bits per heavy atom. The number of anilines is 2. The van der Waals surface area contributed by atoms with Crippen LogP contribution in [-0.4, -0.2) is 18.9 Å². The van der Waals surface area contributed by atoms with Crippen LogP contribution in [0.2, 0.25) is 0 Å². The highest BCUT2D eigenvalue weighted by atomic mass is 16.5. The Labute approximate surface area is 130 Å². The third kappa shape index (κ3) is 4.45. The minimum Gasteiger partial charge on any atom is -0.465 e. The first kappa shape index (κ1) is 15.8. The van der Waals surface area contributed by atoms with Crippen molar-refractivity contribution in [2.45, 2.75) is 13.3 Å². The molecule has 1 N–H and O–H groups in total. The lowest BCUT2D eigenvalue weighted by Crippen LogP contribution is -2.21. The molecule has 2 aromatic carbocycles. The number of ether oxygens (including phenoxy) is 1. The second kappa shape index (κ2) is 7.98. The minimum absolute atomic E-state index is 0.277. The van der Waals surface area contributed by atoms with Gasteiger partial charge in [0.05, 0.1) is 6.61 Å². The van der Waals surface area contributed by atoms with Gasteiger partial charge in [0.25, 0.3) is 0 Å². The number of hydrogen-bond acceptors (Lipinski definition) is 4. The van der Waals surface area contributed by atoms with Crippen LogP contribution in [0.3, 0.4) is 0 Å². The summed E-state index contributed by atoms with van der Waals surface area (Å²) in [6.45, 7) is 2.00. The van der Waals surface area contributed by atoms with E-state index in [-0.39, 0.29) is 6.61 Å². The lowest BCUT2D eigenvalue weighted by atomic mass is 10.0. The van der Waals surface area contributed by atoms with Gasteiger partial charge in [0, 0.05) is 11.4 Å². The van der Waals surface area contributed by atoms with Crippen molar-refractivity contribution in [3.8, 4) is 0 Å². The van der Waals surface area contributed by atoms with Crippen molar-refractivity contribution in [2.24, 2.45) is 5.92 Å². The molecule has 0 aliphatic carbocycles. The Hall–Kier alpha value is -2.62. The number of rotatable bonds is 7. The molecule has 0 amide bonds. The topological polar surface area (TPSA) is 55.4 Å². The quantitative estimate of drug-likeness (QED) is 0.484. The molecule has 1 unspecified atom stereocenters. The fraction of sp³-hybridized carbons (Fsp3) is 0.222. The van der Waals surface area contributed by atoms with Crippen LogP contribution >= 0.6 is 0 Å². The molecule has 0 spiro atoms. The van der Waals surface area contributed by atoms with Crippen LogP contribution < -0.4 is 5.32 Å². The van der Waals surface area contributed by atoms with E-state index in [0.717, 1.165) is 16.9 Å². The number of carbonyl (C=O) groups excluding carboxylic acids is 2. The zero-order chi connectivity index (χ0) is 15.8. The standard InChI is InChI=1S/C18H19NO3/c1-2-22-18(21)15(13-20)11-14-7-6-10-17(12-14)19-16-8-4-3-5-9-16/h3-10,12-13,15,19H,2,11H2,1H3. The van der Waals surface area contributed by atoms with Crippen LogP contribution in [0, 0.1) is 5.92 Å². The normalized spacial score (nSPS) is 11.5. The molecule has 0 saturated carbocycles. The van der Waals surface area contributed by atoms with Crippen molar-refractivity contribution in [1.82, 2.24) is 0 Å². The van der Waals surface area contributed by atoms with Gasteiger partial charge in [0.15, 0.2) is 0 Å². The Morgan fingerprint density at radius 3 is 2.55 bits per heavy atom. The van der Waals surface area contributed by atoms with Gasteiger partial charge in [0.1, 0.15) is 12.2 Å². The lowest BCUT2D eigenvalue weighted by molar-refractivity contribution is -0.149. The predicted octanol–water partition coefficient (Wildman–Crippen LogP) is 3.35. The summed E-state index contributed by atoms with van der Waals surface area (Å²) in [7, 11) is 0. The molecule has 1 atom stereocenters. The molecule has 22 heavy (non-hydrogen) atoms. The van der Waals surface area contributed by atoms with E-state index in [1.165, 1.54) is 0 Å².